The van der Waals surface area contributed by atoms with Crippen molar-refractivity contribution >= 4 is 53.4 Å². The van der Waals surface area contributed by atoms with Gasteiger partial charge in [0.15, 0.2) is 5.96 Å². The van der Waals surface area contributed by atoms with Crippen LogP contribution in [0.3, 0.4) is 0 Å². The number of nitrogens with zero attached hydrogens (tertiary/aromatic N) is 2. The highest BCUT2D eigenvalue weighted by atomic mass is 127. The fourth-order valence-corrected chi connectivity index (χ4v) is 3.26. The van der Waals surface area contributed by atoms with Crippen molar-refractivity contribution in [3.8, 4) is 0 Å². The van der Waals surface area contributed by atoms with Crippen LogP contribution in [0, 0.1) is 0 Å². The quantitative estimate of drug-likeness (QED) is 0.191. The van der Waals surface area contributed by atoms with Gasteiger partial charge in [-0.15, -0.1) is 24.0 Å². The standard InChI is InChI=1S/C21H32ClN5O2.HI/c1-2-23-21(25-12-6-16-27-15-5-3-4-7-19(27)28)26-14-13-24-20(29)17-8-10-18(22)11-9-17;/h8-11H,2-7,12-16H2,1H3,(H,24,29)(H2,23,25,26);1H. The van der Waals surface area contributed by atoms with E-state index >= 15 is 0 Å². The highest BCUT2D eigenvalue weighted by molar-refractivity contribution is 14.0. The lowest BCUT2D eigenvalue weighted by molar-refractivity contribution is -0.130. The molecule has 1 aliphatic heterocycles. The number of carbonyl (C=O) groups excluding carboxylic acids is 2. The van der Waals surface area contributed by atoms with Crippen molar-refractivity contribution in [3.05, 3.63) is 34.9 Å². The number of hydrogen-bond acceptors (Lipinski definition) is 3. The Morgan fingerprint density at radius 1 is 1.10 bits per heavy atom. The number of hydrogen-bond donors (Lipinski definition) is 3. The molecule has 0 aliphatic carbocycles. The molecule has 1 aromatic carbocycles. The third-order valence-corrected chi connectivity index (χ3v) is 4.93. The molecule has 1 aromatic rings. The molecule has 9 heteroatoms. The van der Waals surface area contributed by atoms with Crippen LogP contribution in [0.5, 0.6) is 0 Å². The second kappa shape index (κ2) is 15.3. The van der Waals surface area contributed by atoms with Gasteiger partial charge >= 0.3 is 0 Å². The molecule has 1 saturated heterocycles. The lowest BCUT2D eigenvalue weighted by atomic mass is 10.2. The van der Waals surface area contributed by atoms with Crippen molar-refractivity contribution in [2.75, 3.05) is 39.3 Å². The molecule has 1 fully saturated rings. The number of amides is 2. The van der Waals surface area contributed by atoms with Gasteiger partial charge in [0.2, 0.25) is 5.91 Å². The first-order chi connectivity index (χ1) is 14.1. The third-order valence-electron chi connectivity index (χ3n) is 4.68. The summed E-state index contributed by atoms with van der Waals surface area (Å²) in [5.74, 6) is 0.857. The Morgan fingerprint density at radius 2 is 1.83 bits per heavy atom. The van der Waals surface area contributed by atoms with E-state index in [1.54, 1.807) is 24.3 Å². The lowest BCUT2D eigenvalue weighted by Gasteiger charge is -2.20. The zero-order valence-corrected chi connectivity index (χ0v) is 20.7. The van der Waals surface area contributed by atoms with Crippen molar-refractivity contribution < 1.29 is 9.59 Å². The Bertz CT molecular complexity index is 684. The number of rotatable bonds is 9. The van der Waals surface area contributed by atoms with Gasteiger partial charge in [0, 0.05) is 56.3 Å². The molecule has 7 nitrogen and oxygen atoms in total. The molecule has 1 aliphatic rings. The largest absolute Gasteiger partial charge is 0.357 e. The molecular weight excluding hydrogens is 517 g/mol. The summed E-state index contributed by atoms with van der Waals surface area (Å²) in [5.41, 5.74) is 0.582. The summed E-state index contributed by atoms with van der Waals surface area (Å²) in [5, 5.41) is 9.89. The number of nitrogens with one attached hydrogen (secondary N) is 3. The van der Waals surface area contributed by atoms with E-state index < -0.39 is 0 Å². The molecule has 0 spiro atoms. The first-order valence-electron chi connectivity index (χ1n) is 10.4. The van der Waals surface area contributed by atoms with E-state index in [0.717, 1.165) is 51.3 Å². The van der Waals surface area contributed by atoms with E-state index in [9.17, 15) is 9.59 Å². The average Bonchev–Trinajstić information content (AvgIpc) is 2.92. The fraction of sp³-hybridized carbons (Fsp3) is 0.571. The number of guanidine groups is 1. The van der Waals surface area contributed by atoms with E-state index in [-0.39, 0.29) is 35.8 Å². The second-order valence-electron chi connectivity index (χ2n) is 7.00. The van der Waals surface area contributed by atoms with Crippen LogP contribution >= 0.6 is 35.6 Å². The summed E-state index contributed by atoms with van der Waals surface area (Å²) < 4.78 is 0. The molecule has 0 saturated carbocycles. The Kier molecular flexibility index (Phi) is 13.5. The topological polar surface area (TPSA) is 85.8 Å². The van der Waals surface area contributed by atoms with E-state index in [1.807, 2.05) is 11.8 Å². The highest BCUT2D eigenvalue weighted by Crippen LogP contribution is 2.11. The first-order valence-corrected chi connectivity index (χ1v) is 10.8. The predicted molar refractivity (Wildman–Crippen MR) is 133 cm³/mol. The van der Waals surface area contributed by atoms with E-state index in [1.165, 1.54) is 0 Å². The van der Waals surface area contributed by atoms with Gasteiger partial charge in [-0.1, -0.05) is 18.0 Å². The van der Waals surface area contributed by atoms with E-state index in [0.29, 0.717) is 36.6 Å². The summed E-state index contributed by atoms with van der Waals surface area (Å²) in [6.07, 6.45) is 4.77. The fourth-order valence-electron chi connectivity index (χ4n) is 3.13. The van der Waals surface area contributed by atoms with Gasteiger partial charge in [-0.25, -0.2) is 0 Å². The molecule has 0 bridgehead atoms. The zero-order valence-electron chi connectivity index (χ0n) is 17.6. The molecule has 0 radical (unpaired) electrons. The number of aliphatic imine (C=N–C) groups is 1. The second-order valence-corrected chi connectivity index (χ2v) is 7.43. The van der Waals surface area contributed by atoms with Crippen molar-refractivity contribution in [1.82, 2.24) is 20.9 Å². The summed E-state index contributed by atoms with van der Waals surface area (Å²) in [6.45, 7) is 6.09. The number of carbonyl (C=O) groups is 2. The Morgan fingerprint density at radius 3 is 2.57 bits per heavy atom. The minimum atomic E-state index is -0.132. The van der Waals surface area contributed by atoms with Gasteiger partial charge in [-0.05, 0) is 50.5 Å². The molecule has 2 amide bonds. The highest BCUT2D eigenvalue weighted by Gasteiger charge is 2.15. The van der Waals surface area contributed by atoms with Crippen LogP contribution in [0.15, 0.2) is 29.3 Å². The maximum atomic E-state index is 12.1. The van der Waals surface area contributed by atoms with Crippen molar-refractivity contribution in [1.29, 1.82) is 0 Å². The van der Waals surface area contributed by atoms with Crippen LogP contribution in [0.25, 0.3) is 0 Å². The van der Waals surface area contributed by atoms with Crippen LogP contribution < -0.4 is 16.0 Å². The molecule has 1 heterocycles. The van der Waals surface area contributed by atoms with Gasteiger partial charge in [0.25, 0.3) is 5.91 Å². The number of halogens is 2. The number of likely N-dealkylation sites (tertiary alicyclic amines) is 1. The number of benzene rings is 1. The van der Waals surface area contributed by atoms with Crippen LogP contribution in [0.2, 0.25) is 5.02 Å². The molecule has 0 aromatic heterocycles. The Labute approximate surface area is 201 Å². The van der Waals surface area contributed by atoms with Gasteiger partial charge in [-0.2, -0.15) is 0 Å². The van der Waals surface area contributed by atoms with Crippen LogP contribution in [0.1, 0.15) is 49.4 Å². The minimum absolute atomic E-state index is 0. The van der Waals surface area contributed by atoms with E-state index in [2.05, 4.69) is 20.9 Å². The third kappa shape index (κ3) is 9.97. The van der Waals surface area contributed by atoms with Crippen molar-refractivity contribution in [3.63, 3.8) is 0 Å². The minimum Gasteiger partial charge on any atom is -0.357 e. The van der Waals surface area contributed by atoms with Crippen molar-refractivity contribution in [2.45, 2.75) is 39.0 Å². The summed E-state index contributed by atoms with van der Waals surface area (Å²) in [4.78, 5) is 30.6. The molecule has 3 N–H and O–H groups in total. The van der Waals surface area contributed by atoms with Gasteiger partial charge in [0.1, 0.15) is 0 Å². The van der Waals surface area contributed by atoms with E-state index in [4.69, 9.17) is 11.6 Å². The maximum absolute atomic E-state index is 12.1. The summed E-state index contributed by atoms with van der Waals surface area (Å²) in [6, 6.07) is 6.80. The summed E-state index contributed by atoms with van der Waals surface area (Å²) in [7, 11) is 0. The monoisotopic (exact) mass is 549 g/mol. The van der Waals surface area contributed by atoms with Crippen LogP contribution in [-0.4, -0.2) is 61.9 Å². The van der Waals surface area contributed by atoms with Gasteiger partial charge in [-0.3, -0.25) is 14.6 Å². The smallest absolute Gasteiger partial charge is 0.251 e. The predicted octanol–water partition coefficient (Wildman–Crippen LogP) is 3.04. The molecule has 0 unspecified atom stereocenters. The lowest BCUT2D eigenvalue weighted by Crippen LogP contribution is -2.41. The van der Waals surface area contributed by atoms with Crippen LogP contribution in [0.4, 0.5) is 0 Å². The molecular formula is C21H33ClIN5O2. The maximum Gasteiger partial charge on any atom is 0.251 e. The zero-order chi connectivity index (χ0) is 20.9. The average molecular weight is 550 g/mol. The van der Waals surface area contributed by atoms with Gasteiger partial charge in [0.05, 0.1) is 0 Å². The Hall–Kier alpha value is -1.55. The molecule has 2 rings (SSSR count). The first kappa shape index (κ1) is 26.5. The van der Waals surface area contributed by atoms with Crippen molar-refractivity contribution in [2.24, 2.45) is 4.99 Å². The molecule has 30 heavy (non-hydrogen) atoms. The summed E-state index contributed by atoms with van der Waals surface area (Å²) >= 11 is 5.84. The normalized spacial score (nSPS) is 14.5. The molecule has 0 atom stereocenters. The molecule has 168 valence electrons. The SMILES string of the molecule is CCNC(=NCCCN1CCCCCC1=O)NCCNC(=O)c1ccc(Cl)cc1.I. The Balaban J connectivity index is 0.00000450. The van der Waals surface area contributed by atoms with Gasteiger partial charge < -0.3 is 20.9 Å². The van der Waals surface area contributed by atoms with Crippen LogP contribution in [-0.2, 0) is 4.79 Å².